The van der Waals surface area contributed by atoms with Crippen LogP contribution in [0.25, 0.3) is 0 Å². The summed E-state index contributed by atoms with van der Waals surface area (Å²) in [6.45, 7) is 4.67. The fraction of sp³-hybridized carbons (Fsp3) is 0.281. The molecule has 1 saturated heterocycles. The molecule has 3 aromatic carbocycles. The number of carbonyl (C=O) groups is 3. The fourth-order valence-corrected chi connectivity index (χ4v) is 6.09. The SMILES string of the molecule is O=C(CCCN1CCN(c2ccc(F)cc2)CC1)NC1c2ccccc2CSc2ccccc21.O=C([O-])/C=C\C(=O)[O-]. The van der Waals surface area contributed by atoms with Crippen molar-refractivity contribution in [1.29, 1.82) is 0 Å². The van der Waals surface area contributed by atoms with Gasteiger partial charge in [-0.3, -0.25) is 9.69 Å². The van der Waals surface area contributed by atoms with Crippen molar-refractivity contribution in [2.24, 2.45) is 0 Å². The number of carbonyl (C=O) groups excluding carboxylic acids is 3. The lowest BCUT2D eigenvalue weighted by molar-refractivity contribution is -0.301. The summed E-state index contributed by atoms with van der Waals surface area (Å²) < 4.78 is 13.2. The third-order valence-electron chi connectivity index (χ3n) is 7.08. The summed E-state index contributed by atoms with van der Waals surface area (Å²) >= 11 is 1.84. The Morgan fingerprint density at radius 2 is 1.48 bits per heavy atom. The van der Waals surface area contributed by atoms with Crippen molar-refractivity contribution in [1.82, 2.24) is 10.2 Å². The largest absolute Gasteiger partial charge is 0.545 e. The Bertz CT molecular complexity index is 1340. The molecule has 1 unspecified atom stereocenters. The molecular formula is C32H32FN3O5S-2. The first kappa shape index (κ1) is 30.8. The van der Waals surface area contributed by atoms with Gasteiger partial charge in [-0.15, -0.1) is 11.8 Å². The number of hydrogen-bond donors (Lipinski definition) is 1. The summed E-state index contributed by atoms with van der Waals surface area (Å²) in [4.78, 5) is 37.8. The zero-order chi connectivity index (χ0) is 29.9. The van der Waals surface area contributed by atoms with Crippen molar-refractivity contribution >= 4 is 35.3 Å². The number of benzene rings is 3. The van der Waals surface area contributed by atoms with Crippen molar-refractivity contribution in [2.45, 2.75) is 29.5 Å². The summed E-state index contributed by atoms with van der Waals surface area (Å²) in [5, 5.41) is 22.2. The maximum Gasteiger partial charge on any atom is 0.220 e. The number of fused-ring (bicyclic) bond motifs is 2. The fourth-order valence-electron chi connectivity index (χ4n) is 4.99. The molecule has 42 heavy (non-hydrogen) atoms. The highest BCUT2D eigenvalue weighted by molar-refractivity contribution is 7.98. The highest BCUT2D eigenvalue weighted by Gasteiger charge is 2.25. The van der Waals surface area contributed by atoms with Crippen molar-refractivity contribution in [3.8, 4) is 0 Å². The van der Waals surface area contributed by atoms with Gasteiger partial charge in [0.15, 0.2) is 0 Å². The molecule has 0 bridgehead atoms. The summed E-state index contributed by atoms with van der Waals surface area (Å²) in [6.07, 6.45) is 2.13. The van der Waals surface area contributed by atoms with Gasteiger partial charge in [-0.05, 0) is 72.1 Å². The molecule has 1 N–H and O–H groups in total. The van der Waals surface area contributed by atoms with Gasteiger partial charge in [0.25, 0.3) is 0 Å². The number of amides is 1. The van der Waals surface area contributed by atoms with Gasteiger partial charge in [0.1, 0.15) is 5.82 Å². The third kappa shape index (κ3) is 8.92. The van der Waals surface area contributed by atoms with Gasteiger partial charge in [0.05, 0.1) is 18.0 Å². The first-order valence-corrected chi connectivity index (χ1v) is 14.7. The van der Waals surface area contributed by atoms with Crippen molar-refractivity contribution in [3.05, 3.63) is 107 Å². The van der Waals surface area contributed by atoms with Gasteiger partial charge in [0, 0.05) is 48.9 Å². The number of carboxylic acid groups (broad SMARTS) is 2. The van der Waals surface area contributed by atoms with Crippen LogP contribution < -0.4 is 20.4 Å². The van der Waals surface area contributed by atoms with Gasteiger partial charge in [-0.1, -0.05) is 42.5 Å². The van der Waals surface area contributed by atoms with Gasteiger partial charge in [0.2, 0.25) is 5.91 Å². The molecule has 1 amide bonds. The molecule has 0 radical (unpaired) electrons. The second-order valence-electron chi connectivity index (χ2n) is 9.91. The smallest absolute Gasteiger partial charge is 0.220 e. The molecule has 10 heteroatoms. The van der Waals surface area contributed by atoms with Crippen molar-refractivity contribution in [2.75, 3.05) is 37.6 Å². The number of nitrogens with one attached hydrogen (secondary N) is 1. The third-order valence-corrected chi connectivity index (χ3v) is 8.22. The van der Waals surface area contributed by atoms with Gasteiger partial charge < -0.3 is 30.0 Å². The number of carboxylic acids is 2. The quantitative estimate of drug-likeness (QED) is 0.398. The highest BCUT2D eigenvalue weighted by atomic mass is 32.2. The first-order chi connectivity index (χ1) is 20.3. The van der Waals surface area contributed by atoms with Crippen LogP contribution in [-0.4, -0.2) is 55.5 Å². The van der Waals surface area contributed by atoms with Gasteiger partial charge in [-0.25, -0.2) is 4.39 Å². The second-order valence-corrected chi connectivity index (χ2v) is 10.9. The van der Waals surface area contributed by atoms with E-state index in [1.54, 1.807) is 0 Å². The lowest BCUT2D eigenvalue weighted by Gasteiger charge is -2.36. The van der Waals surface area contributed by atoms with E-state index in [0.29, 0.717) is 18.6 Å². The topological polar surface area (TPSA) is 116 Å². The minimum atomic E-state index is -1.55. The van der Waals surface area contributed by atoms with Crippen LogP contribution >= 0.6 is 11.8 Å². The monoisotopic (exact) mass is 589 g/mol. The number of nitrogens with zero attached hydrogens (tertiary/aromatic N) is 2. The van der Waals surface area contributed by atoms with Crippen LogP contribution in [0.4, 0.5) is 10.1 Å². The molecule has 0 aromatic heterocycles. The molecule has 0 saturated carbocycles. The molecule has 1 atom stereocenters. The minimum absolute atomic E-state index is 0.103. The van der Waals surface area contributed by atoms with Crippen molar-refractivity contribution < 1.29 is 29.0 Å². The highest BCUT2D eigenvalue weighted by Crippen LogP contribution is 2.39. The van der Waals surface area contributed by atoms with E-state index in [2.05, 4.69) is 63.6 Å². The Labute approximate surface area is 248 Å². The van der Waals surface area contributed by atoms with Crippen LogP contribution in [0, 0.1) is 5.82 Å². The molecule has 8 nitrogen and oxygen atoms in total. The first-order valence-electron chi connectivity index (χ1n) is 13.7. The van der Waals surface area contributed by atoms with Crippen LogP contribution in [0.1, 0.15) is 35.6 Å². The van der Waals surface area contributed by atoms with Crippen molar-refractivity contribution in [3.63, 3.8) is 0 Å². The van der Waals surface area contributed by atoms with E-state index >= 15 is 0 Å². The number of aliphatic carboxylic acids is 2. The van der Waals surface area contributed by atoms with E-state index in [-0.39, 0.29) is 17.8 Å². The number of hydrogen-bond acceptors (Lipinski definition) is 8. The zero-order valence-electron chi connectivity index (χ0n) is 23.0. The molecule has 2 aliphatic rings. The number of thioether (sulfide) groups is 1. The minimum Gasteiger partial charge on any atom is -0.545 e. The summed E-state index contributed by atoms with van der Waals surface area (Å²) in [5.41, 5.74) is 4.74. The van der Waals surface area contributed by atoms with E-state index in [0.717, 1.165) is 50.6 Å². The van der Waals surface area contributed by atoms with E-state index in [1.165, 1.54) is 33.7 Å². The maximum atomic E-state index is 13.2. The molecule has 1 fully saturated rings. The second kappa shape index (κ2) is 15.2. The van der Waals surface area contributed by atoms with Crippen LogP contribution in [0.3, 0.4) is 0 Å². The molecule has 2 heterocycles. The van der Waals surface area contributed by atoms with Gasteiger partial charge >= 0.3 is 0 Å². The van der Waals surface area contributed by atoms with E-state index < -0.39 is 11.9 Å². The molecule has 5 rings (SSSR count). The predicted octanol–water partition coefficient (Wildman–Crippen LogP) is 2.28. The Balaban J connectivity index is 0.000000446. The zero-order valence-corrected chi connectivity index (χ0v) is 23.9. The molecular weight excluding hydrogens is 557 g/mol. The average molecular weight is 590 g/mol. The number of halogens is 1. The normalized spacial score (nSPS) is 16.4. The number of anilines is 1. The standard InChI is InChI=1S/C28H30FN3OS.C4H4O4/c29-22-11-13-23(14-12-22)32-18-16-31(17-19-32)15-5-10-27(33)30-28-24-7-2-1-6-21(24)20-34-26-9-4-3-8-25(26)28;5-3(6)1-2-4(7)8/h1-4,6-9,11-14,28H,5,10,15-20H2,(H,30,33);1-2H,(H,5,6)(H,7,8)/p-2/b;2-1-. The number of rotatable bonds is 8. The molecule has 2 aliphatic heterocycles. The van der Waals surface area contributed by atoms with E-state index in [1.807, 2.05) is 23.9 Å². The molecule has 0 aliphatic carbocycles. The maximum absolute atomic E-state index is 13.2. The van der Waals surface area contributed by atoms with E-state index in [4.69, 9.17) is 0 Å². The average Bonchev–Trinajstić information content (AvgIpc) is 3.14. The molecule has 0 spiro atoms. The Morgan fingerprint density at radius 3 is 2.14 bits per heavy atom. The Hall–Kier alpha value is -4.15. The predicted molar refractivity (Wildman–Crippen MR) is 156 cm³/mol. The lowest BCUT2D eigenvalue weighted by atomic mass is 9.95. The summed E-state index contributed by atoms with van der Waals surface area (Å²) in [7, 11) is 0. The molecule has 3 aromatic rings. The number of piperazine rings is 1. The Kier molecular flexibility index (Phi) is 11.1. The van der Waals surface area contributed by atoms with Crippen LogP contribution in [0.15, 0.2) is 89.8 Å². The van der Waals surface area contributed by atoms with Gasteiger partial charge in [-0.2, -0.15) is 0 Å². The van der Waals surface area contributed by atoms with Crippen LogP contribution in [0.5, 0.6) is 0 Å². The van der Waals surface area contributed by atoms with E-state index in [9.17, 15) is 29.0 Å². The summed E-state index contributed by atoms with van der Waals surface area (Å²) in [6, 6.07) is 23.5. The Morgan fingerprint density at radius 1 is 0.857 bits per heavy atom. The molecule has 220 valence electrons. The van der Waals surface area contributed by atoms with Crippen LogP contribution in [0.2, 0.25) is 0 Å². The summed E-state index contributed by atoms with van der Waals surface area (Å²) in [5.74, 6) is -2.27. The lowest BCUT2D eigenvalue weighted by Crippen LogP contribution is -2.46. The van der Waals surface area contributed by atoms with Crippen LogP contribution in [-0.2, 0) is 20.1 Å².